The van der Waals surface area contributed by atoms with Crippen LogP contribution < -0.4 is 11.1 Å². The molecule has 3 N–H and O–H groups in total. The van der Waals surface area contributed by atoms with Crippen LogP contribution in [0.15, 0.2) is 6.20 Å². The summed E-state index contributed by atoms with van der Waals surface area (Å²) in [6.45, 7) is 3.62. The van der Waals surface area contributed by atoms with Crippen LogP contribution in [0, 0.1) is 11.8 Å². The Balaban J connectivity index is 1.71. The molecule has 0 radical (unpaired) electrons. The zero-order chi connectivity index (χ0) is 13.0. The zero-order valence-corrected chi connectivity index (χ0v) is 10.8. The summed E-state index contributed by atoms with van der Waals surface area (Å²) in [5.74, 6) is 1.43. The monoisotopic (exact) mass is 251 g/mol. The van der Waals surface area contributed by atoms with Gasteiger partial charge >= 0.3 is 0 Å². The molecule has 1 fully saturated rings. The van der Waals surface area contributed by atoms with Crippen LogP contribution in [-0.4, -0.2) is 27.4 Å². The highest BCUT2D eigenvalue weighted by molar-refractivity contribution is 5.75. The molecule has 2 unspecified atom stereocenters. The largest absolute Gasteiger partial charge is 0.354 e. The van der Waals surface area contributed by atoms with Gasteiger partial charge in [-0.25, -0.2) is 4.68 Å². The first-order chi connectivity index (χ1) is 8.67. The quantitative estimate of drug-likeness (QED) is 0.787. The van der Waals surface area contributed by atoms with E-state index in [1.54, 1.807) is 6.20 Å². The number of amides is 1. The van der Waals surface area contributed by atoms with E-state index in [-0.39, 0.29) is 12.5 Å². The number of hydrogen-bond donors (Lipinski definition) is 2. The number of carbonyl (C=O) groups is 1. The molecule has 1 aromatic heterocycles. The molecule has 2 rings (SSSR count). The first-order valence-electron chi connectivity index (χ1n) is 6.53. The predicted molar refractivity (Wildman–Crippen MR) is 67.4 cm³/mol. The molecule has 0 saturated heterocycles. The highest BCUT2D eigenvalue weighted by Crippen LogP contribution is 2.29. The Labute approximate surface area is 107 Å². The molecule has 1 saturated carbocycles. The van der Waals surface area contributed by atoms with E-state index in [0.717, 1.165) is 12.5 Å². The smallest absolute Gasteiger partial charge is 0.241 e. The zero-order valence-electron chi connectivity index (χ0n) is 10.8. The molecule has 0 aliphatic heterocycles. The van der Waals surface area contributed by atoms with Crippen molar-refractivity contribution < 1.29 is 4.79 Å². The van der Waals surface area contributed by atoms with Gasteiger partial charge in [-0.05, 0) is 24.7 Å². The average Bonchev–Trinajstić information content (AvgIpc) is 2.95. The van der Waals surface area contributed by atoms with Gasteiger partial charge in [0.15, 0.2) is 0 Å². The first kappa shape index (κ1) is 13.0. The van der Waals surface area contributed by atoms with Crippen molar-refractivity contribution in [3.8, 4) is 0 Å². The van der Waals surface area contributed by atoms with Crippen molar-refractivity contribution in [2.45, 2.75) is 39.3 Å². The summed E-state index contributed by atoms with van der Waals surface area (Å²) in [7, 11) is 0. The maximum atomic E-state index is 11.7. The lowest BCUT2D eigenvalue weighted by atomic mass is 10.1. The number of aromatic nitrogens is 3. The summed E-state index contributed by atoms with van der Waals surface area (Å²) in [5.41, 5.74) is 6.13. The van der Waals surface area contributed by atoms with Crippen molar-refractivity contribution >= 4 is 5.91 Å². The minimum atomic E-state index is -0.0111. The van der Waals surface area contributed by atoms with E-state index in [4.69, 9.17) is 5.73 Å². The SMILES string of the molecule is CC1CCC(CNC(=O)Cn2cc(CN)nn2)C1. The number of hydrogen-bond acceptors (Lipinski definition) is 4. The van der Waals surface area contributed by atoms with Gasteiger partial charge in [-0.2, -0.15) is 0 Å². The van der Waals surface area contributed by atoms with E-state index < -0.39 is 0 Å². The number of nitrogens with two attached hydrogens (primary N) is 1. The van der Waals surface area contributed by atoms with Crippen molar-refractivity contribution in [1.82, 2.24) is 20.3 Å². The predicted octanol–water partition coefficient (Wildman–Crippen LogP) is 0.289. The second-order valence-corrected chi connectivity index (χ2v) is 5.20. The van der Waals surface area contributed by atoms with Crippen LogP contribution in [0.4, 0.5) is 0 Å². The second kappa shape index (κ2) is 5.95. The molecule has 0 spiro atoms. The molecule has 1 aliphatic rings. The maximum absolute atomic E-state index is 11.7. The fourth-order valence-electron chi connectivity index (χ4n) is 2.48. The fourth-order valence-corrected chi connectivity index (χ4v) is 2.48. The molecule has 100 valence electrons. The van der Waals surface area contributed by atoms with Crippen molar-refractivity contribution in [2.75, 3.05) is 6.54 Å². The summed E-state index contributed by atoms with van der Waals surface area (Å²) in [6.07, 6.45) is 5.43. The Morgan fingerprint density at radius 1 is 1.61 bits per heavy atom. The summed E-state index contributed by atoms with van der Waals surface area (Å²) >= 11 is 0. The van der Waals surface area contributed by atoms with Crippen molar-refractivity contribution in [1.29, 1.82) is 0 Å². The number of nitrogens with zero attached hydrogens (tertiary/aromatic N) is 3. The number of carbonyl (C=O) groups excluding carboxylic acids is 1. The van der Waals surface area contributed by atoms with E-state index in [0.29, 0.717) is 18.2 Å². The van der Waals surface area contributed by atoms with Gasteiger partial charge in [-0.3, -0.25) is 4.79 Å². The molecular formula is C12H21N5O. The van der Waals surface area contributed by atoms with Gasteiger partial charge in [0.2, 0.25) is 5.91 Å². The molecule has 1 heterocycles. The third kappa shape index (κ3) is 3.53. The highest BCUT2D eigenvalue weighted by atomic mass is 16.2. The lowest BCUT2D eigenvalue weighted by Gasteiger charge is -2.10. The molecule has 6 nitrogen and oxygen atoms in total. The van der Waals surface area contributed by atoms with Crippen LogP contribution in [0.5, 0.6) is 0 Å². The minimum Gasteiger partial charge on any atom is -0.354 e. The molecule has 0 aromatic carbocycles. The minimum absolute atomic E-state index is 0.0111. The van der Waals surface area contributed by atoms with Crippen molar-refractivity contribution in [3.05, 3.63) is 11.9 Å². The number of nitrogens with one attached hydrogen (secondary N) is 1. The second-order valence-electron chi connectivity index (χ2n) is 5.20. The van der Waals surface area contributed by atoms with Gasteiger partial charge in [0, 0.05) is 13.1 Å². The van der Waals surface area contributed by atoms with E-state index >= 15 is 0 Å². The van der Waals surface area contributed by atoms with Crippen LogP contribution in [-0.2, 0) is 17.9 Å². The molecular weight excluding hydrogens is 230 g/mol. The third-order valence-corrected chi connectivity index (χ3v) is 3.49. The van der Waals surface area contributed by atoms with E-state index in [2.05, 4.69) is 22.6 Å². The van der Waals surface area contributed by atoms with Gasteiger partial charge in [0.05, 0.1) is 11.9 Å². The molecule has 6 heteroatoms. The van der Waals surface area contributed by atoms with Crippen LogP contribution >= 0.6 is 0 Å². The van der Waals surface area contributed by atoms with Gasteiger partial charge in [-0.1, -0.05) is 18.6 Å². The van der Waals surface area contributed by atoms with Crippen molar-refractivity contribution in [3.63, 3.8) is 0 Å². The van der Waals surface area contributed by atoms with E-state index in [9.17, 15) is 4.79 Å². The van der Waals surface area contributed by atoms with Gasteiger partial charge < -0.3 is 11.1 Å². The normalized spacial score (nSPS) is 23.2. The summed E-state index contributed by atoms with van der Waals surface area (Å²) in [5, 5.41) is 10.6. The molecule has 18 heavy (non-hydrogen) atoms. The first-order valence-corrected chi connectivity index (χ1v) is 6.53. The van der Waals surface area contributed by atoms with Crippen molar-refractivity contribution in [2.24, 2.45) is 17.6 Å². The van der Waals surface area contributed by atoms with Gasteiger partial charge in [0.1, 0.15) is 6.54 Å². The molecule has 1 amide bonds. The molecule has 1 aliphatic carbocycles. The Hall–Kier alpha value is -1.43. The molecule has 2 atom stereocenters. The fraction of sp³-hybridized carbons (Fsp3) is 0.750. The lowest BCUT2D eigenvalue weighted by Crippen LogP contribution is -2.31. The van der Waals surface area contributed by atoms with Crippen LogP contribution in [0.1, 0.15) is 31.9 Å². The maximum Gasteiger partial charge on any atom is 0.241 e. The Kier molecular flexibility index (Phi) is 4.30. The van der Waals surface area contributed by atoms with E-state index in [1.807, 2.05) is 0 Å². The van der Waals surface area contributed by atoms with Crippen LogP contribution in [0.2, 0.25) is 0 Å². The Morgan fingerprint density at radius 3 is 3.06 bits per heavy atom. The summed E-state index contributed by atoms with van der Waals surface area (Å²) in [4.78, 5) is 11.7. The Morgan fingerprint density at radius 2 is 2.44 bits per heavy atom. The van der Waals surface area contributed by atoms with Gasteiger partial charge in [-0.15, -0.1) is 5.10 Å². The Bertz CT molecular complexity index is 403. The van der Waals surface area contributed by atoms with E-state index in [1.165, 1.54) is 23.9 Å². The topological polar surface area (TPSA) is 85.8 Å². The number of rotatable bonds is 5. The standard InChI is InChI=1S/C12H21N5O/c1-9-2-3-10(4-9)6-14-12(18)8-17-7-11(5-13)15-16-17/h7,9-10H,2-6,8,13H2,1H3,(H,14,18). The van der Waals surface area contributed by atoms with Gasteiger partial charge in [0.25, 0.3) is 0 Å². The molecule has 0 bridgehead atoms. The van der Waals surface area contributed by atoms with Crippen LogP contribution in [0.3, 0.4) is 0 Å². The summed E-state index contributed by atoms with van der Waals surface area (Å²) in [6, 6.07) is 0. The molecule has 1 aromatic rings. The third-order valence-electron chi connectivity index (χ3n) is 3.49. The lowest BCUT2D eigenvalue weighted by molar-refractivity contribution is -0.122. The average molecular weight is 251 g/mol. The summed E-state index contributed by atoms with van der Waals surface area (Å²) < 4.78 is 1.52. The highest BCUT2D eigenvalue weighted by Gasteiger charge is 2.21. The van der Waals surface area contributed by atoms with Crippen LogP contribution in [0.25, 0.3) is 0 Å².